The molecule has 1 aliphatic heterocycles. The predicted molar refractivity (Wildman–Crippen MR) is 81.6 cm³/mol. The number of aliphatic hydroxyl groups is 1. The highest BCUT2D eigenvalue weighted by molar-refractivity contribution is 5.45. The molecule has 3 rings (SSSR count). The van der Waals surface area contributed by atoms with Gasteiger partial charge in [0.15, 0.2) is 11.5 Å². The minimum atomic E-state index is -0.471. The van der Waals surface area contributed by atoms with E-state index in [0.29, 0.717) is 12.6 Å². The molecule has 2 aliphatic rings. The summed E-state index contributed by atoms with van der Waals surface area (Å²) in [6, 6.07) is 6.36. The van der Waals surface area contributed by atoms with Crippen LogP contribution in [0.4, 0.5) is 0 Å². The maximum atomic E-state index is 10.5. The van der Waals surface area contributed by atoms with Gasteiger partial charge in [-0.3, -0.25) is 4.90 Å². The standard InChI is InChI=1S/C17H25NO3/c1-2-18(14-6-4-3-5-7-14)11-15(19)13-8-9-16-17(10-13)21-12-20-16/h8-10,14-15,19H,2-7,11-12H2,1H3. The molecule has 1 saturated carbocycles. The first-order valence-corrected chi connectivity index (χ1v) is 8.09. The van der Waals surface area contributed by atoms with Gasteiger partial charge in [-0.2, -0.15) is 0 Å². The van der Waals surface area contributed by atoms with E-state index in [2.05, 4.69) is 11.8 Å². The maximum absolute atomic E-state index is 10.5. The van der Waals surface area contributed by atoms with Crippen molar-refractivity contribution < 1.29 is 14.6 Å². The molecule has 4 nitrogen and oxygen atoms in total. The number of aliphatic hydroxyl groups excluding tert-OH is 1. The van der Waals surface area contributed by atoms with Crippen molar-refractivity contribution >= 4 is 0 Å². The SMILES string of the molecule is CCN(CC(O)c1ccc2c(c1)OCO2)C1CCCCC1. The number of fused-ring (bicyclic) bond motifs is 1. The molecule has 0 bridgehead atoms. The van der Waals surface area contributed by atoms with Gasteiger partial charge in [-0.15, -0.1) is 0 Å². The molecule has 1 fully saturated rings. The Morgan fingerprint density at radius 2 is 1.95 bits per heavy atom. The van der Waals surface area contributed by atoms with E-state index < -0.39 is 6.10 Å². The van der Waals surface area contributed by atoms with Crippen molar-refractivity contribution in [3.05, 3.63) is 23.8 Å². The van der Waals surface area contributed by atoms with Crippen LogP contribution >= 0.6 is 0 Å². The van der Waals surface area contributed by atoms with Gasteiger partial charge in [0.1, 0.15) is 0 Å². The van der Waals surface area contributed by atoms with Gasteiger partial charge in [0.05, 0.1) is 6.10 Å². The number of hydrogen-bond donors (Lipinski definition) is 1. The van der Waals surface area contributed by atoms with Crippen LogP contribution in [0.25, 0.3) is 0 Å². The van der Waals surface area contributed by atoms with Crippen molar-refractivity contribution in [1.29, 1.82) is 0 Å². The zero-order valence-corrected chi connectivity index (χ0v) is 12.8. The number of ether oxygens (including phenoxy) is 2. The van der Waals surface area contributed by atoms with Gasteiger partial charge in [0, 0.05) is 12.6 Å². The van der Waals surface area contributed by atoms with Crippen molar-refractivity contribution in [1.82, 2.24) is 4.90 Å². The third kappa shape index (κ3) is 3.33. The van der Waals surface area contributed by atoms with Gasteiger partial charge in [-0.1, -0.05) is 32.3 Å². The van der Waals surface area contributed by atoms with E-state index in [1.165, 1.54) is 32.1 Å². The topological polar surface area (TPSA) is 41.9 Å². The van der Waals surface area contributed by atoms with Gasteiger partial charge >= 0.3 is 0 Å². The van der Waals surface area contributed by atoms with Crippen molar-refractivity contribution in [2.75, 3.05) is 19.9 Å². The second-order valence-electron chi connectivity index (χ2n) is 6.01. The van der Waals surface area contributed by atoms with Crippen molar-refractivity contribution in [2.24, 2.45) is 0 Å². The summed E-state index contributed by atoms with van der Waals surface area (Å²) in [5.41, 5.74) is 0.911. The Kier molecular flexibility index (Phi) is 4.66. The molecule has 1 N–H and O–H groups in total. The lowest BCUT2D eigenvalue weighted by Gasteiger charge is -2.34. The smallest absolute Gasteiger partial charge is 0.231 e. The highest BCUT2D eigenvalue weighted by Gasteiger charge is 2.23. The molecule has 0 amide bonds. The van der Waals surface area contributed by atoms with E-state index in [4.69, 9.17) is 9.47 Å². The lowest BCUT2D eigenvalue weighted by molar-refractivity contribution is 0.0765. The van der Waals surface area contributed by atoms with E-state index >= 15 is 0 Å². The molecule has 0 radical (unpaired) electrons. The third-order valence-electron chi connectivity index (χ3n) is 4.69. The van der Waals surface area contributed by atoms with E-state index in [1.54, 1.807) is 0 Å². The fraction of sp³-hybridized carbons (Fsp3) is 0.647. The predicted octanol–water partition coefficient (Wildman–Crippen LogP) is 3.10. The lowest BCUT2D eigenvalue weighted by Crippen LogP contribution is -2.39. The van der Waals surface area contributed by atoms with Crippen LogP contribution in [0.1, 0.15) is 50.7 Å². The average Bonchev–Trinajstić information content (AvgIpc) is 3.00. The molecule has 1 aromatic carbocycles. The Hall–Kier alpha value is -1.26. The molecule has 0 spiro atoms. The van der Waals surface area contributed by atoms with Crippen LogP contribution in [0.2, 0.25) is 0 Å². The second-order valence-corrected chi connectivity index (χ2v) is 6.01. The highest BCUT2D eigenvalue weighted by Crippen LogP contribution is 2.34. The zero-order valence-electron chi connectivity index (χ0n) is 12.8. The van der Waals surface area contributed by atoms with Crippen molar-refractivity contribution in [3.63, 3.8) is 0 Å². The Bertz CT molecular complexity index is 471. The Labute approximate surface area is 126 Å². The summed E-state index contributed by atoms with van der Waals surface area (Å²) in [6.07, 6.45) is 6.06. The molecule has 1 aliphatic carbocycles. The maximum Gasteiger partial charge on any atom is 0.231 e. The van der Waals surface area contributed by atoms with Gasteiger partial charge in [-0.05, 0) is 37.1 Å². The molecule has 0 saturated heterocycles. The zero-order chi connectivity index (χ0) is 14.7. The molecule has 1 unspecified atom stereocenters. The number of nitrogens with zero attached hydrogens (tertiary/aromatic N) is 1. The van der Waals surface area contributed by atoms with Crippen molar-refractivity contribution in [2.45, 2.75) is 51.2 Å². The van der Waals surface area contributed by atoms with Gasteiger partial charge in [-0.25, -0.2) is 0 Å². The van der Waals surface area contributed by atoms with Crippen LogP contribution in [0, 0.1) is 0 Å². The van der Waals surface area contributed by atoms with E-state index in [0.717, 1.165) is 23.6 Å². The Morgan fingerprint density at radius 1 is 1.19 bits per heavy atom. The number of rotatable bonds is 5. The molecule has 1 aromatic rings. The summed E-state index contributed by atoms with van der Waals surface area (Å²) >= 11 is 0. The first-order chi connectivity index (χ1) is 10.3. The fourth-order valence-corrected chi connectivity index (χ4v) is 3.43. The van der Waals surface area contributed by atoms with Crippen LogP contribution in [0.5, 0.6) is 11.5 Å². The largest absolute Gasteiger partial charge is 0.454 e. The van der Waals surface area contributed by atoms with Crippen LogP contribution < -0.4 is 9.47 Å². The molecule has 1 atom stereocenters. The van der Waals surface area contributed by atoms with Gasteiger partial charge in [0.25, 0.3) is 0 Å². The molecule has 116 valence electrons. The summed E-state index contributed by atoms with van der Waals surface area (Å²) in [4.78, 5) is 2.43. The minimum Gasteiger partial charge on any atom is -0.454 e. The van der Waals surface area contributed by atoms with Gasteiger partial charge < -0.3 is 14.6 Å². The molecule has 1 heterocycles. The molecule has 0 aromatic heterocycles. The normalized spacial score (nSPS) is 20.0. The first-order valence-electron chi connectivity index (χ1n) is 8.09. The second kappa shape index (κ2) is 6.67. The van der Waals surface area contributed by atoms with Gasteiger partial charge in [0.2, 0.25) is 6.79 Å². The van der Waals surface area contributed by atoms with Crippen LogP contribution in [0.15, 0.2) is 18.2 Å². The lowest BCUT2D eigenvalue weighted by atomic mass is 9.93. The number of benzene rings is 1. The number of likely N-dealkylation sites (N-methyl/N-ethyl adjacent to an activating group) is 1. The first kappa shape index (κ1) is 14.7. The van der Waals surface area contributed by atoms with E-state index in [1.807, 2.05) is 18.2 Å². The van der Waals surface area contributed by atoms with Crippen LogP contribution in [-0.2, 0) is 0 Å². The number of hydrogen-bond acceptors (Lipinski definition) is 4. The summed E-state index contributed by atoms with van der Waals surface area (Å²) in [6.45, 7) is 4.14. The minimum absolute atomic E-state index is 0.276. The average molecular weight is 291 g/mol. The van der Waals surface area contributed by atoms with Crippen molar-refractivity contribution in [3.8, 4) is 11.5 Å². The van der Waals surface area contributed by atoms with E-state index in [9.17, 15) is 5.11 Å². The monoisotopic (exact) mass is 291 g/mol. The molecule has 21 heavy (non-hydrogen) atoms. The highest BCUT2D eigenvalue weighted by atomic mass is 16.7. The van der Waals surface area contributed by atoms with Crippen LogP contribution in [-0.4, -0.2) is 35.9 Å². The summed E-state index contributed by atoms with van der Waals surface area (Å²) in [7, 11) is 0. The summed E-state index contributed by atoms with van der Waals surface area (Å²) in [5.74, 6) is 1.51. The Balaban J connectivity index is 1.65. The van der Waals surface area contributed by atoms with Crippen LogP contribution in [0.3, 0.4) is 0 Å². The third-order valence-corrected chi connectivity index (χ3v) is 4.69. The quantitative estimate of drug-likeness (QED) is 0.905. The molecule has 4 heteroatoms. The van der Waals surface area contributed by atoms with E-state index in [-0.39, 0.29) is 6.79 Å². The summed E-state index contributed by atoms with van der Waals surface area (Å²) in [5, 5.41) is 10.5. The summed E-state index contributed by atoms with van der Waals surface area (Å²) < 4.78 is 10.7. The Morgan fingerprint density at radius 3 is 2.71 bits per heavy atom. The fourth-order valence-electron chi connectivity index (χ4n) is 3.43. The molecular weight excluding hydrogens is 266 g/mol. The molecular formula is C17H25NO3.